The summed E-state index contributed by atoms with van der Waals surface area (Å²) in [5.74, 6) is -0.254. The average molecular weight is 294 g/mol. The van der Waals surface area contributed by atoms with Crippen LogP contribution < -0.4 is 10.1 Å². The lowest BCUT2D eigenvalue weighted by Gasteiger charge is -2.15. The maximum atomic E-state index is 12.8. The number of ether oxygens (including phenoxy) is 1. The van der Waals surface area contributed by atoms with Gasteiger partial charge in [0.2, 0.25) is 0 Å². The maximum Gasteiger partial charge on any atom is 0.265 e. The second-order valence-electron chi connectivity index (χ2n) is 4.19. The molecule has 2 aromatic rings. The monoisotopic (exact) mass is 293 g/mol. The first-order valence-electron chi connectivity index (χ1n) is 6.04. The minimum Gasteiger partial charge on any atom is -0.479 e. The Balaban J connectivity index is 1.99. The van der Waals surface area contributed by atoms with E-state index < -0.39 is 6.10 Å². The molecule has 0 spiro atoms. The smallest absolute Gasteiger partial charge is 0.265 e. The Hall–Kier alpha value is -2.07. The van der Waals surface area contributed by atoms with Crippen molar-refractivity contribution in [1.82, 2.24) is 0 Å². The minimum atomic E-state index is -0.722. The third kappa shape index (κ3) is 3.71. The van der Waals surface area contributed by atoms with E-state index in [0.29, 0.717) is 16.5 Å². The molecular weight excluding hydrogens is 281 g/mol. The molecule has 0 saturated carbocycles. The summed E-state index contributed by atoms with van der Waals surface area (Å²) in [7, 11) is 0. The highest BCUT2D eigenvalue weighted by Crippen LogP contribution is 2.24. The Kier molecular flexibility index (Phi) is 4.58. The van der Waals surface area contributed by atoms with E-state index in [0.717, 1.165) is 0 Å². The molecule has 0 bridgehead atoms. The zero-order chi connectivity index (χ0) is 14.5. The number of halogens is 2. The van der Waals surface area contributed by atoms with Crippen LogP contribution in [0.4, 0.5) is 10.1 Å². The number of carbonyl (C=O) groups excluding carboxylic acids is 1. The molecule has 20 heavy (non-hydrogen) atoms. The molecule has 5 heteroatoms. The molecule has 104 valence electrons. The van der Waals surface area contributed by atoms with E-state index in [1.165, 1.54) is 24.3 Å². The SMILES string of the molecule is C[C@@H](Oc1ccccc1Cl)C(=O)Nc1ccc(F)cc1. The highest BCUT2D eigenvalue weighted by atomic mass is 35.5. The summed E-state index contributed by atoms with van der Waals surface area (Å²) in [6.07, 6.45) is -0.722. The third-order valence-electron chi connectivity index (χ3n) is 2.62. The fourth-order valence-corrected chi connectivity index (χ4v) is 1.74. The van der Waals surface area contributed by atoms with E-state index in [1.807, 2.05) is 0 Å². The van der Waals surface area contributed by atoms with E-state index in [2.05, 4.69) is 5.32 Å². The van der Waals surface area contributed by atoms with Crippen molar-refractivity contribution < 1.29 is 13.9 Å². The van der Waals surface area contributed by atoms with Crippen molar-refractivity contribution in [2.45, 2.75) is 13.0 Å². The molecule has 0 saturated heterocycles. The van der Waals surface area contributed by atoms with Gasteiger partial charge in [0.05, 0.1) is 5.02 Å². The molecule has 0 unspecified atom stereocenters. The highest BCUT2D eigenvalue weighted by molar-refractivity contribution is 6.32. The fourth-order valence-electron chi connectivity index (χ4n) is 1.56. The Morgan fingerprint density at radius 2 is 1.85 bits per heavy atom. The van der Waals surface area contributed by atoms with Crippen LogP contribution in [-0.4, -0.2) is 12.0 Å². The van der Waals surface area contributed by atoms with Gasteiger partial charge in [-0.3, -0.25) is 4.79 Å². The molecule has 1 N–H and O–H groups in total. The van der Waals surface area contributed by atoms with Gasteiger partial charge in [-0.2, -0.15) is 0 Å². The Morgan fingerprint density at radius 3 is 2.50 bits per heavy atom. The van der Waals surface area contributed by atoms with E-state index in [-0.39, 0.29) is 11.7 Å². The van der Waals surface area contributed by atoms with Gasteiger partial charge in [-0.25, -0.2) is 4.39 Å². The van der Waals surface area contributed by atoms with Crippen molar-refractivity contribution >= 4 is 23.2 Å². The summed E-state index contributed by atoms with van der Waals surface area (Å²) < 4.78 is 18.2. The second-order valence-corrected chi connectivity index (χ2v) is 4.59. The number of carbonyl (C=O) groups is 1. The summed E-state index contributed by atoms with van der Waals surface area (Å²) in [5, 5.41) is 3.07. The van der Waals surface area contributed by atoms with Crippen LogP contribution >= 0.6 is 11.6 Å². The van der Waals surface area contributed by atoms with Crippen molar-refractivity contribution in [3.05, 3.63) is 59.4 Å². The molecule has 2 aromatic carbocycles. The van der Waals surface area contributed by atoms with Gasteiger partial charge < -0.3 is 10.1 Å². The number of para-hydroxylation sites is 1. The van der Waals surface area contributed by atoms with Crippen LogP contribution in [0.1, 0.15) is 6.92 Å². The summed E-state index contributed by atoms with van der Waals surface area (Å²) in [5.41, 5.74) is 0.506. The average Bonchev–Trinajstić information content (AvgIpc) is 2.44. The molecule has 0 fully saturated rings. The van der Waals surface area contributed by atoms with Crippen molar-refractivity contribution in [3.63, 3.8) is 0 Å². The number of nitrogens with one attached hydrogen (secondary N) is 1. The number of rotatable bonds is 4. The topological polar surface area (TPSA) is 38.3 Å². The van der Waals surface area contributed by atoms with E-state index >= 15 is 0 Å². The Labute approximate surface area is 121 Å². The van der Waals surface area contributed by atoms with Gasteiger partial charge in [0, 0.05) is 5.69 Å². The molecule has 1 amide bonds. The minimum absolute atomic E-state index is 0.337. The van der Waals surface area contributed by atoms with Crippen LogP contribution in [0, 0.1) is 5.82 Å². The normalized spacial score (nSPS) is 11.8. The number of hydrogen-bond donors (Lipinski definition) is 1. The maximum absolute atomic E-state index is 12.8. The zero-order valence-electron chi connectivity index (χ0n) is 10.8. The molecule has 2 rings (SSSR count). The van der Waals surface area contributed by atoms with Gasteiger partial charge in [-0.1, -0.05) is 23.7 Å². The number of benzene rings is 2. The molecule has 0 aliphatic rings. The van der Waals surface area contributed by atoms with Gasteiger partial charge >= 0.3 is 0 Å². The quantitative estimate of drug-likeness (QED) is 0.929. The number of amides is 1. The van der Waals surface area contributed by atoms with Gasteiger partial charge in [-0.15, -0.1) is 0 Å². The van der Waals surface area contributed by atoms with E-state index in [1.54, 1.807) is 31.2 Å². The first-order valence-corrected chi connectivity index (χ1v) is 6.41. The van der Waals surface area contributed by atoms with E-state index in [9.17, 15) is 9.18 Å². The van der Waals surface area contributed by atoms with Crippen molar-refractivity contribution in [2.75, 3.05) is 5.32 Å². The standard InChI is InChI=1S/C15H13ClFNO2/c1-10(20-14-5-3-2-4-13(14)16)15(19)18-12-8-6-11(17)7-9-12/h2-10H,1H3,(H,18,19)/t10-/m1/s1. The summed E-state index contributed by atoms with van der Waals surface area (Å²) >= 11 is 5.95. The Morgan fingerprint density at radius 1 is 1.20 bits per heavy atom. The van der Waals surface area contributed by atoms with Gasteiger partial charge in [0.15, 0.2) is 6.10 Å². The molecule has 3 nitrogen and oxygen atoms in total. The van der Waals surface area contributed by atoms with Crippen LogP contribution in [-0.2, 0) is 4.79 Å². The third-order valence-corrected chi connectivity index (χ3v) is 2.93. The zero-order valence-corrected chi connectivity index (χ0v) is 11.5. The molecule has 0 aromatic heterocycles. The summed E-state index contributed by atoms with van der Waals surface area (Å²) in [6, 6.07) is 12.4. The summed E-state index contributed by atoms with van der Waals surface area (Å²) in [6.45, 7) is 1.61. The molecule has 0 heterocycles. The fraction of sp³-hybridized carbons (Fsp3) is 0.133. The molecule has 1 atom stereocenters. The molecule has 0 aliphatic carbocycles. The van der Waals surface area contributed by atoms with Crippen molar-refractivity contribution in [1.29, 1.82) is 0 Å². The van der Waals surface area contributed by atoms with Crippen LogP contribution in [0.3, 0.4) is 0 Å². The number of anilines is 1. The van der Waals surface area contributed by atoms with E-state index in [4.69, 9.17) is 16.3 Å². The summed E-state index contributed by atoms with van der Waals surface area (Å²) in [4.78, 5) is 11.9. The van der Waals surface area contributed by atoms with Gasteiger partial charge in [0.25, 0.3) is 5.91 Å². The molecule has 0 aliphatic heterocycles. The lowest BCUT2D eigenvalue weighted by Crippen LogP contribution is -2.30. The predicted molar refractivity (Wildman–Crippen MR) is 76.6 cm³/mol. The molecule has 0 radical (unpaired) electrons. The number of hydrogen-bond acceptors (Lipinski definition) is 2. The lowest BCUT2D eigenvalue weighted by atomic mass is 10.3. The van der Waals surface area contributed by atoms with Gasteiger partial charge in [-0.05, 0) is 43.3 Å². The lowest BCUT2D eigenvalue weighted by molar-refractivity contribution is -0.122. The van der Waals surface area contributed by atoms with Crippen LogP contribution in [0.2, 0.25) is 5.02 Å². The van der Waals surface area contributed by atoms with Crippen LogP contribution in [0.15, 0.2) is 48.5 Å². The van der Waals surface area contributed by atoms with Gasteiger partial charge in [0.1, 0.15) is 11.6 Å². The first kappa shape index (κ1) is 14.3. The molecular formula is C15H13ClFNO2. The predicted octanol–water partition coefficient (Wildman–Crippen LogP) is 3.89. The van der Waals surface area contributed by atoms with Crippen LogP contribution in [0.5, 0.6) is 5.75 Å². The second kappa shape index (κ2) is 6.39. The first-order chi connectivity index (χ1) is 9.56. The van der Waals surface area contributed by atoms with Crippen molar-refractivity contribution in [3.8, 4) is 5.75 Å². The largest absolute Gasteiger partial charge is 0.479 e. The highest BCUT2D eigenvalue weighted by Gasteiger charge is 2.16. The van der Waals surface area contributed by atoms with Crippen molar-refractivity contribution in [2.24, 2.45) is 0 Å². The Bertz CT molecular complexity index is 601. The van der Waals surface area contributed by atoms with Crippen LogP contribution in [0.25, 0.3) is 0 Å².